The van der Waals surface area contributed by atoms with Gasteiger partial charge in [0.05, 0.1) is 0 Å². The van der Waals surface area contributed by atoms with Crippen LogP contribution in [-0.2, 0) is 6.54 Å². The molecule has 0 spiro atoms. The number of aromatic amines is 1. The zero-order valence-electron chi connectivity index (χ0n) is 11.0. The number of pyridine rings is 1. The van der Waals surface area contributed by atoms with Crippen LogP contribution >= 0.6 is 0 Å². The first-order chi connectivity index (χ1) is 8.09. The monoisotopic (exact) mass is 234 g/mol. The van der Waals surface area contributed by atoms with E-state index in [1.54, 1.807) is 0 Å². The molecule has 1 atom stereocenters. The van der Waals surface area contributed by atoms with Gasteiger partial charge in [-0.2, -0.15) is 0 Å². The van der Waals surface area contributed by atoms with Crippen LogP contribution in [0.1, 0.15) is 43.0 Å². The summed E-state index contributed by atoms with van der Waals surface area (Å²) in [4.78, 5) is 17.6. The summed E-state index contributed by atoms with van der Waals surface area (Å²) in [7, 11) is 0. The first-order valence-electron chi connectivity index (χ1n) is 6.51. The third-order valence-corrected chi connectivity index (χ3v) is 3.92. The predicted molar refractivity (Wildman–Crippen MR) is 70.3 cm³/mol. The fraction of sp³-hybridized carbons (Fsp3) is 0.643. The number of nitrogens with zero attached hydrogens (tertiary/aromatic N) is 1. The summed E-state index contributed by atoms with van der Waals surface area (Å²) in [6.07, 6.45) is 5.72. The van der Waals surface area contributed by atoms with Crippen LogP contribution in [0.2, 0.25) is 0 Å². The van der Waals surface area contributed by atoms with Gasteiger partial charge in [-0.1, -0.05) is 6.42 Å². The van der Waals surface area contributed by atoms with Crippen molar-refractivity contribution in [2.45, 2.75) is 52.6 Å². The van der Waals surface area contributed by atoms with Gasteiger partial charge in [0, 0.05) is 35.6 Å². The lowest BCUT2D eigenvalue weighted by molar-refractivity contribution is 0.150. The minimum atomic E-state index is 0.184. The van der Waals surface area contributed by atoms with Gasteiger partial charge in [-0.05, 0) is 40.2 Å². The van der Waals surface area contributed by atoms with Crippen molar-refractivity contribution in [3.8, 4) is 0 Å². The highest BCUT2D eigenvalue weighted by atomic mass is 16.1. The topological polar surface area (TPSA) is 36.1 Å². The number of H-pyrrole nitrogens is 1. The maximum Gasteiger partial charge on any atom is 0.187 e. The van der Waals surface area contributed by atoms with E-state index < -0.39 is 0 Å². The molecule has 1 saturated heterocycles. The average molecular weight is 234 g/mol. The minimum Gasteiger partial charge on any atom is -0.363 e. The van der Waals surface area contributed by atoms with E-state index in [2.05, 4.69) is 16.8 Å². The highest BCUT2D eigenvalue weighted by molar-refractivity contribution is 5.23. The molecule has 2 rings (SSSR count). The third kappa shape index (κ3) is 2.60. The van der Waals surface area contributed by atoms with E-state index in [9.17, 15) is 4.79 Å². The molecule has 0 saturated carbocycles. The van der Waals surface area contributed by atoms with E-state index in [4.69, 9.17) is 0 Å². The molecule has 1 aromatic heterocycles. The van der Waals surface area contributed by atoms with Gasteiger partial charge in [0.25, 0.3) is 0 Å². The molecule has 3 nitrogen and oxygen atoms in total. The number of aromatic nitrogens is 1. The van der Waals surface area contributed by atoms with Crippen molar-refractivity contribution in [3.63, 3.8) is 0 Å². The standard InChI is InChI=1S/C14H22N2O/c1-10-8-15-13(12(3)14(10)17)9-16-7-5-4-6-11(16)2/h8,11H,4-7,9H2,1-3H3,(H,15,17). The molecule has 1 unspecified atom stereocenters. The number of piperidine rings is 1. The Labute approximate surface area is 103 Å². The third-order valence-electron chi connectivity index (χ3n) is 3.92. The highest BCUT2D eigenvalue weighted by Crippen LogP contribution is 2.18. The molecule has 0 aliphatic carbocycles. The number of hydrogen-bond donors (Lipinski definition) is 1. The van der Waals surface area contributed by atoms with Crippen LogP contribution in [-0.4, -0.2) is 22.5 Å². The Morgan fingerprint density at radius 1 is 1.41 bits per heavy atom. The van der Waals surface area contributed by atoms with Gasteiger partial charge in [0.15, 0.2) is 5.43 Å². The second-order valence-electron chi connectivity index (χ2n) is 5.22. The highest BCUT2D eigenvalue weighted by Gasteiger charge is 2.19. The molecule has 2 heterocycles. The summed E-state index contributed by atoms with van der Waals surface area (Å²) >= 11 is 0. The maximum absolute atomic E-state index is 11.9. The Morgan fingerprint density at radius 2 is 2.18 bits per heavy atom. The number of nitrogens with one attached hydrogen (secondary N) is 1. The predicted octanol–water partition coefficient (Wildman–Crippen LogP) is 2.37. The zero-order chi connectivity index (χ0) is 12.4. The molecule has 1 aliphatic rings. The number of aryl methyl sites for hydroxylation is 1. The normalized spacial score (nSPS) is 21.7. The molecule has 1 fully saturated rings. The molecule has 0 radical (unpaired) electrons. The number of hydrogen-bond acceptors (Lipinski definition) is 2. The van der Waals surface area contributed by atoms with E-state index in [-0.39, 0.29) is 5.43 Å². The van der Waals surface area contributed by atoms with Crippen LogP contribution in [0.5, 0.6) is 0 Å². The van der Waals surface area contributed by atoms with Crippen molar-refractivity contribution in [1.82, 2.24) is 9.88 Å². The van der Waals surface area contributed by atoms with Crippen LogP contribution in [0.25, 0.3) is 0 Å². The van der Waals surface area contributed by atoms with Crippen molar-refractivity contribution < 1.29 is 0 Å². The van der Waals surface area contributed by atoms with Gasteiger partial charge in [0.2, 0.25) is 0 Å². The van der Waals surface area contributed by atoms with Gasteiger partial charge in [-0.3, -0.25) is 9.69 Å². The van der Waals surface area contributed by atoms with Crippen molar-refractivity contribution in [3.05, 3.63) is 33.2 Å². The zero-order valence-corrected chi connectivity index (χ0v) is 11.0. The Balaban J connectivity index is 2.18. The number of rotatable bonds is 2. The second-order valence-corrected chi connectivity index (χ2v) is 5.22. The van der Waals surface area contributed by atoms with E-state index >= 15 is 0 Å². The van der Waals surface area contributed by atoms with Crippen LogP contribution in [0.15, 0.2) is 11.0 Å². The van der Waals surface area contributed by atoms with Crippen molar-refractivity contribution in [2.24, 2.45) is 0 Å². The van der Waals surface area contributed by atoms with Crippen molar-refractivity contribution >= 4 is 0 Å². The lowest BCUT2D eigenvalue weighted by Crippen LogP contribution is -2.37. The van der Waals surface area contributed by atoms with Gasteiger partial charge in [-0.15, -0.1) is 0 Å². The molecule has 3 heteroatoms. The summed E-state index contributed by atoms with van der Waals surface area (Å²) in [5, 5.41) is 0. The van der Waals surface area contributed by atoms with E-state index in [1.165, 1.54) is 19.3 Å². The van der Waals surface area contributed by atoms with Gasteiger partial charge >= 0.3 is 0 Å². The maximum atomic E-state index is 11.9. The Bertz CT molecular complexity index is 450. The lowest BCUT2D eigenvalue weighted by Gasteiger charge is -2.33. The summed E-state index contributed by atoms with van der Waals surface area (Å²) in [6.45, 7) is 8.09. The molecular weight excluding hydrogens is 212 g/mol. The van der Waals surface area contributed by atoms with E-state index in [0.29, 0.717) is 6.04 Å². The van der Waals surface area contributed by atoms with E-state index in [0.717, 1.165) is 29.9 Å². The SMILES string of the molecule is Cc1c[nH]c(CN2CCCCC2C)c(C)c1=O. The Hall–Kier alpha value is -1.09. The van der Waals surface area contributed by atoms with Crippen LogP contribution in [0, 0.1) is 13.8 Å². The van der Waals surface area contributed by atoms with Crippen LogP contribution < -0.4 is 5.43 Å². The molecule has 0 bridgehead atoms. The molecule has 0 amide bonds. The fourth-order valence-corrected chi connectivity index (χ4v) is 2.56. The molecule has 1 N–H and O–H groups in total. The van der Waals surface area contributed by atoms with Gasteiger partial charge < -0.3 is 4.98 Å². The summed E-state index contributed by atoms with van der Waals surface area (Å²) in [5.74, 6) is 0. The average Bonchev–Trinajstić information content (AvgIpc) is 2.32. The summed E-state index contributed by atoms with van der Waals surface area (Å²) in [5.41, 5.74) is 2.94. The lowest BCUT2D eigenvalue weighted by atomic mass is 10.0. The quantitative estimate of drug-likeness (QED) is 0.852. The molecular formula is C14H22N2O. The molecule has 1 aromatic rings. The fourth-order valence-electron chi connectivity index (χ4n) is 2.56. The summed E-state index contributed by atoms with van der Waals surface area (Å²) in [6, 6.07) is 0.632. The van der Waals surface area contributed by atoms with Gasteiger partial charge in [0.1, 0.15) is 0 Å². The Morgan fingerprint density at radius 3 is 2.88 bits per heavy atom. The first kappa shape index (κ1) is 12.4. The van der Waals surface area contributed by atoms with Crippen molar-refractivity contribution in [2.75, 3.05) is 6.54 Å². The van der Waals surface area contributed by atoms with E-state index in [1.807, 2.05) is 20.0 Å². The smallest absolute Gasteiger partial charge is 0.187 e. The molecule has 0 aromatic carbocycles. The largest absolute Gasteiger partial charge is 0.363 e. The Kier molecular flexibility index (Phi) is 3.67. The van der Waals surface area contributed by atoms with Crippen molar-refractivity contribution in [1.29, 1.82) is 0 Å². The molecule has 94 valence electrons. The number of likely N-dealkylation sites (tertiary alicyclic amines) is 1. The van der Waals surface area contributed by atoms with Crippen LogP contribution in [0.3, 0.4) is 0 Å². The minimum absolute atomic E-state index is 0.184. The van der Waals surface area contributed by atoms with Crippen LogP contribution in [0.4, 0.5) is 0 Å². The first-order valence-corrected chi connectivity index (χ1v) is 6.51. The van der Waals surface area contributed by atoms with Gasteiger partial charge in [-0.25, -0.2) is 0 Å². The molecule has 1 aliphatic heterocycles. The second kappa shape index (κ2) is 5.05. The summed E-state index contributed by atoms with van der Waals surface area (Å²) < 4.78 is 0. The molecule has 17 heavy (non-hydrogen) atoms.